The van der Waals surface area contributed by atoms with E-state index in [0.717, 1.165) is 16.1 Å². The number of nitrogens with two attached hydrogens (primary N) is 1. The van der Waals surface area contributed by atoms with Crippen LogP contribution >= 0.6 is 11.8 Å². The number of para-hydroxylation sites is 1. The van der Waals surface area contributed by atoms with Crippen molar-refractivity contribution in [2.45, 2.75) is 31.7 Å². The van der Waals surface area contributed by atoms with Crippen LogP contribution in [0.3, 0.4) is 0 Å². The first-order valence-corrected chi connectivity index (χ1v) is 7.79. The third-order valence-corrected chi connectivity index (χ3v) is 4.14. The van der Waals surface area contributed by atoms with E-state index in [0.29, 0.717) is 11.6 Å². The molecule has 2 aromatic rings. The Morgan fingerprint density at radius 2 is 2.19 bits per heavy atom. The lowest BCUT2D eigenvalue weighted by atomic mass is 10.2. The summed E-state index contributed by atoms with van der Waals surface area (Å²) >= 11 is 1.44. The summed E-state index contributed by atoms with van der Waals surface area (Å²) in [6, 6.07) is 7.83. The molecule has 1 heterocycles. The minimum Gasteiger partial charge on any atom is -0.398 e. The Kier molecular flexibility index (Phi) is 4.90. The molecule has 0 saturated heterocycles. The quantitative estimate of drug-likeness (QED) is 0.657. The van der Waals surface area contributed by atoms with Gasteiger partial charge < -0.3 is 11.1 Å². The fourth-order valence-corrected chi connectivity index (χ4v) is 2.78. The molecule has 21 heavy (non-hydrogen) atoms. The third kappa shape index (κ3) is 3.78. The number of nitrogen functional groups attached to an aromatic ring is 1. The number of amides is 1. The van der Waals surface area contributed by atoms with Gasteiger partial charge in [0.2, 0.25) is 5.91 Å². The molecule has 0 fully saturated rings. The summed E-state index contributed by atoms with van der Waals surface area (Å²) in [6.07, 6.45) is 1.68. The van der Waals surface area contributed by atoms with Crippen LogP contribution in [-0.2, 0) is 4.79 Å². The van der Waals surface area contributed by atoms with Crippen LogP contribution < -0.4 is 11.1 Å². The van der Waals surface area contributed by atoms with Gasteiger partial charge in [0.1, 0.15) is 5.82 Å². The van der Waals surface area contributed by atoms with Gasteiger partial charge in [-0.2, -0.15) is 5.10 Å². The minimum atomic E-state index is -0.0664. The Labute approximate surface area is 128 Å². The van der Waals surface area contributed by atoms with Gasteiger partial charge in [-0.15, -0.1) is 11.8 Å². The van der Waals surface area contributed by atoms with Crippen LogP contribution in [0, 0.1) is 6.92 Å². The predicted molar refractivity (Wildman–Crippen MR) is 87.6 cm³/mol. The molecule has 5 nitrogen and oxygen atoms in total. The highest BCUT2D eigenvalue weighted by Crippen LogP contribution is 2.27. The van der Waals surface area contributed by atoms with Crippen molar-refractivity contribution in [2.75, 3.05) is 16.8 Å². The van der Waals surface area contributed by atoms with Crippen LogP contribution in [0.4, 0.5) is 11.5 Å². The van der Waals surface area contributed by atoms with E-state index in [1.807, 2.05) is 39.0 Å². The molecule has 1 aromatic carbocycles. The second-order valence-corrected chi connectivity index (χ2v) is 6.10. The second-order valence-electron chi connectivity index (χ2n) is 5.08. The summed E-state index contributed by atoms with van der Waals surface area (Å²) in [4.78, 5) is 13.0. The Morgan fingerprint density at radius 3 is 2.90 bits per heavy atom. The third-order valence-electron chi connectivity index (χ3n) is 3.07. The highest BCUT2D eigenvalue weighted by molar-refractivity contribution is 8.00. The monoisotopic (exact) mass is 304 g/mol. The SMILES string of the molecule is Cc1cccc(SCC(=O)Nc2ccnn2C(C)C)c1N. The molecule has 2 rings (SSSR count). The zero-order valence-corrected chi connectivity index (χ0v) is 13.3. The number of benzene rings is 1. The van der Waals surface area contributed by atoms with Gasteiger partial charge in [0.05, 0.1) is 11.9 Å². The predicted octanol–water partition coefficient (Wildman–Crippen LogP) is 3.09. The Bertz CT molecular complexity index is 636. The van der Waals surface area contributed by atoms with Gasteiger partial charge in [-0.05, 0) is 32.4 Å². The molecular formula is C15H20N4OS. The number of hydrogen-bond acceptors (Lipinski definition) is 4. The maximum absolute atomic E-state index is 12.0. The lowest BCUT2D eigenvalue weighted by Crippen LogP contribution is -2.18. The molecule has 0 aliphatic rings. The number of carbonyl (C=O) groups excluding carboxylic acids is 1. The average molecular weight is 304 g/mol. The van der Waals surface area contributed by atoms with Gasteiger partial charge in [-0.3, -0.25) is 4.79 Å². The summed E-state index contributed by atoms with van der Waals surface area (Å²) in [7, 11) is 0. The second kappa shape index (κ2) is 6.67. The smallest absolute Gasteiger partial charge is 0.235 e. The molecule has 0 bridgehead atoms. The van der Waals surface area contributed by atoms with Crippen LogP contribution in [0.15, 0.2) is 35.4 Å². The fourth-order valence-electron chi connectivity index (χ4n) is 1.93. The lowest BCUT2D eigenvalue weighted by Gasteiger charge is -2.12. The number of rotatable bonds is 5. The number of hydrogen-bond donors (Lipinski definition) is 2. The summed E-state index contributed by atoms with van der Waals surface area (Å²) in [5, 5.41) is 7.06. The van der Waals surface area contributed by atoms with Gasteiger partial charge in [0, 0.05) is 22.7 Å². The Hall–Kier alpha value is -1.95. The summed E-state index contributed by atoms with van der Waals surface area (Å²) < 4.78 is 1.78. The molecule has 0 spiro atoms. The summed E-state index contributed by atoms with van der Waals surface area (Å²) in [5.74, 6) is 0.966. The lowest BCUT2D eigenvalue weighted by molar-refractivity contribution is -0.113. The zero-order valence-electron chi connectivity index (χ0n) is 12.5. The molecule has 0 radical (unpaired) electrons. The van der Waals surface area contributed by atoms with Gasteiger partial charge in [0.25, 0.3) is 0 Å². The Morgan fingerprint density at radius 1 is 1.43 bits per heavy atom. The van der Waals surface area contributed by atoms with Crippen LogP contribution in [0.2, 0.25) is 0 Å². The first-order chi connectivity index (χ1) is 9.99. The molecule has 0 saturated carbocycles. The van der Waals surface area contributed by atoms with Crippen molar-refractivity contribution in [1.82, 2.24) is 9.78 Å². The first kappa shape index (κ1) is 15.4. The van der Waals surface area contributed by atoms with E-state index in [9.17, 15) is 4.79 Å². The first-order valence-electron chi connectivity index (χ1n) is 6.80. The van der Waals surface area contributed by atoms with Crippen LogP contribution in [0.5, 0.6) is 0 Å². The molecule has 0 aliphatic heterocycles. The number of nitrogens with zero attached hydrogens (tertiary/aromatic N) is 2. The average Bonchev–Trinajstić information content (AvgIpc) is 2.88. The Balaban J connectivity index is 1.96. The van der Waals surface area contributed by atoms with E-state index in [4.69, 9.17) is 5.73 Å². The van der Waals surface area contributed by atoms with Gasteiger partial charge in [-0.1, -0.05) is 12.1 Å². The van der Waals surface area contributed by atoms with E-state index in [2.05, 4.69) is 10.4 Å². The molecule has 112 valence electrons. The number of thioether (sulfide) groups is 1. The topological polar surface area (TPSA) is 72.9 Å². The molecule has 3 N–H and O–H groups in total. The number of aryl methyl sites for hydroxylation is 1. The molecule has 1 amide bonds. The van der Waals surface area contributed by atoms with Crippen molar-refractivity contribution in [3.63, 3.8) is 0 Å². The van der Waals surface area contributed by atoms with Gasteiger partial charge >= 0.3 is 0 Å². The van der Waals surface area contributed by atoms with Gasteiger partial charge in [-0.25, -0.2) is 4.68 Å². The van der Waals surface area contributed by atoms with E-state index in [1.54, 1.807) is 16.9 Å². The van der Waals surface area contributed by atoms with E-state index in [-0.39, 0.29) is 11.9 Å². The molecule has 1 aromatic heterocycles. The van der Waals surface area contributed by atoms with Crippen molar-refractivity contribution in [1.29, 1.82) is 0 Å². The van der Waals surface area contributed by atoms with Crippen molar-refractivity contribution in [2.24, 2.45) is 0 Å². The summed E-state index contributed by atoms with van der Waals surface area (Å²) in [6.45, 7) is 6.00. The largest absolute Gasteiger partial charge is 0.398 e. The van der Waals surface area contributed by atoms with Crippen LogP contribution in [0.1, 0.15) is 25.5 Å². The van der Waals surface area contributed by atoms with E-state index >= 15 is 0 Å². The van der Waals surface area contributed by atoms with Crippen LogP contribution in [-0.4, -0.2) is 21.4 Å². The molecule has 0 unspecified atom stereocenters. The van der Waals surface area contributed by atoms with E-state index in [1.165, 1.54) is 11.8 Å². The maximum atomic E-state index is 12.0. The number of carbonyl (C=O) groups is 1. The molecular weight excluding hydrogens is 284 g/mol. The van der Waals surface area contributed by atoms with E-state index < -0.39 is 0 Å². The summed E-state index contributed by atoms with van der Waals surface area (Å²) in [5.41, 5.74) is 7.77. The highest BCUT2D eigenvalue weighted by Gasteiger charge is 2.11. The van der Waals surface area contributed by atoms with Crippen molar-refractivity contribution >= 4 is 29.2 Å². The van der Waals surface area contributed by atoms with Crippen molar-refractivity contribution in [3.8, 4) is 0 Å². The molecule has 0 atom stereocenters. The normalized spacial score (nSPS) is 10.9. The number of aromatic nitrogens is 2. The standard InChI is InChI=1S/C15H20N4OS/c1-10(2)19-13(7-8-17-19)18-14(20)9-21-12-6-4-5-11(3)15(12)16/h4-8,10H,9,16H2,1-3H3,(H,18,20). The zero-order chi connectivity index (χ0) is 15.4. The maximum Gasteiger partial charge on any atom is 0.235 e. The molecule has 0 aliphatic carbocycles. The van der Waals surface area contributed by atoms with Crippen LogP contribution in [0.25, 0.3) is 0 Å². The highest BCUT2D eigenvalue weighted by atomic mass is 32.2. The number of anilines is 2. The van der Waals surface area contributed by atoms with Crippen molar-refractivity contribution in [3.05, 3.63) is 36.0 Å². The van der Waals surface area contributed by atoms with Gasteiger partial charge in [0.15, 0.2) is 0 Å². The minimum absolute atomic E-state index is 0.0664. The molecule has 6 heteroatoms. The van der Waals surface area contributed by atoms with Crippen molar-refractivity contribution < 1.29 is 4.79 Å². The number of nitrogens with one attached hydrogen (secondary N) is 1. The fraction of sp³-hybridized carbons (Fsp3) is 0.333.